The molecule has 0 N–H and O–H groups in total. The van der Waals surface area contributed by atoms with Gasteiger partial charge in [0.1, 0.15) is 11.6 Å². The number of carbonyl (C=O) groups excluding carboxylic acids is 1. The molecule has 0 spiro atoms. The van der Waals surface area contributed by atoms with E-state index in [2.05, 4.69) is 9.88 Å². The standard InChI is InChI=1S/C21H27FN4O2/c22-19-3-1-2-17(14-19)15-25-7-6-23-20(25)16-26(21(27)18-4-5-18)9-8-24-10-12-28-13-11-24/h1-3,6-7,14,18H,4-5,8-13,15-16H2. The molecule has 6 nitrogen and oxygen atoms in total. The van der Waals surface area contributed by atoms with Crippen LogP contribution in [0.5, 0.6) is 0 Å². The molecule has 150 valence electrons. The molecule has 2 heterocycles. The van der Waals surface area contributed by atoms with Crippen LogP contribution in [0.4, 0.5) is 4.39 Å². The van der Waals surface area contributed by atoms with Crippen LogP contribution >= 0.6 is 0 Å². The highest BCUT2D eigenvalue weighted by Crippen LogP contribution is 2.31. The van der Waals surface area contributed by atoms with Gasteiger partial charge in [0, 0.05) is 51.0 Å². The van der Waals surface area contributed by atoms with Gasteiger partial charge in [-0.2, -0.15) is 0 Å². The average Bonchev–Trinajstić information content (AvgIpc) is 3.47. The average molecular weight is 386 g/mol. The number of ether oxygens (including phenoxy) is 1. The van der Waals surface area contributed by atoms with Crippen molar-refractivity contribution in [1.82, 2.24) is 19.4 Å². The van der Waals surface area contributed by atoms with Crippen molar-refractivity contribution < 1.29 is 13.9 Å². The highest BCUT2D eigenvalue weighted by atomic mass is 19.1. The lowest BCUT2D eigenvalue weighted by atomic mass is 10.2. The van der Waals surface area contributed by atoms with E-state index in [1.54, 1.807) is 12.3 Å². The molecule has 1 saturated carbocycles. The van der Waals surface area contributed by atoms with Crippen molar-refractivity contribution in [3.63, 3.8) is 0 Å². The van der Waals surface area contributed by atoms with Gasteiger partial charge in [-0.3, -0.25) is 9.69 Å². The number of morpholine rings is 1. The van der Waals surface area contributed by atoms with Gasteiger partial charge in [-0.25, -0.2) is 9.37 Å². The largest absolute Gasteiger partial charge is 0.379 e. The molecule has 1 aliphatic carbocycles. The number of hydrogen-bond acceptors (Lipinski definition) is 4. The van der Waals surface area contributed by atoms with Gasteiger partial charge in [0.25, 0.3) is 0 Å². The van der Waals surface area contributed by atoms with Gasteiger partial charge in [0.15, 0.2) is 0 Å². The predicted molar refractivity (Wildman–Crippen MR) is 103 cm³/mol. The molecule has 7 heteroatoms. The molecule has 4 rings (SSSR count). The quantitative estimate of drug-likeness (QED) is 0.698. The Bertz CT molecular complexity index is 799. The summed E-state index contributed by atoms with van der Waals surface area (Å²) in [6.07, 6.45) is 5.62. The summed E-state index contributed by atoms with van der Waals surface area (Å²) in [5.41, 5.74) is 0.882. The van der Waals surface area contributed by atoms with Crippen LogP contribution in [0.1, 0.15) is 24.2 Å². The molecule has 2 aromatic rings. The number of carbonyl (C=O) groups is 1. The lowest BCUT2D eigenvalue weighted by molar-refractivity contribution is -0.133. The zero-order valence-corrected chi connectivity index (χ0v) is 16.1. The Morgan fingerprint density at radius 2 is 2.11 bits per heavy atom. The van der Waals surface area contributed by atoms with E-state index in [1.165, 1.54) is 12.1 Å². The summed E-state index contributed by atoms with van der Waals surface area (Å²) in [4.78, 5) is 21.6. The molecule has 0 radical (unpaired) electrons. The highest BCUT2D eigenvalue weighted by molar-refractivity contribution is 5.81. The molecule has 1 amide bonds. The van der Waals surface area contributed by atoms with Crippen LogP contribution < -0.4 is 0 Å². The fraction of sp³-hybridized carbons (Fsp3) is 0.524. The summed E-state index contributed by atoms with van der Waals surface area (Å²) in [5, 5.41) is 0. The lowest BCUT2D eigenvalue weighted by Gasteiger charge is -2.30. The van der Waals surface area contributed by atoms with Crippen molar-refractivity contribution >= 4 is 5.91 Å². The van der Waals surface area contributed by atoms with Crippen molar-refractivity contribution in [3.05, 3.63) is 53.9 Å². The lowest BCUT2D eigenvalue weighted by Crippen LogP contribution is -2.43. The van der Waals surface area contributed by atoms with E-state index in [0.29, 0.717) is 19.6 Å². The molecule has 0 unspecified atom stereocenters. The first-order valence-corrected chi connectivity index (χ1v) is 10.0. The van der Waals surface area contributed by atoms with Crippen LogP contribution in [0, 0.1) is 11.7 Å². The molecule has 28 heavy (non-hydrogen) atoms. The number of halogens is 1. The van der Waals surface area contributed by atoms with Crippen LogP contribution in [0.15, 0.2) is 36.7 Å². The van der Waals surface area contributed by atoms with E-state index in [9.17, 15) is 9.18 Å². The molecule has 1 aliphatic heterocycles. The number of benzene rings is 1. The molecule has 1 aromatic heterocycles. The second-order valence-electron chi connectivity index (χ2n) is 7.59. The second kappa shape index (κ2) is 8.84. The van der Waals surface area contributed by atoms with Gasteiger partial charge in [0.05, 0.1) is 19.8 Å². The Balaban J connectivity index is 1.42. The topological polar surface area (TPSA) is 50.6 Å². The number of nitrogens with zero attached hydrogens (tertiary/aromatic N) is 4. The molecule has 2 aliphatic rings. The number of rotatable bonds is 8. The highest BCUT2D eigenvalue weighted by Gasteiger charge is 2.34. The third-order valence-corrected chi connectivity index (χ3v) is 5.40. The van der Waals surface area contributed by atoms with E-state index in [1.807, 2.05) is 21.7 Å². The first-order valence-electron chi connectivity index (χ1n) is 10.0. The van der Waals surface area contributed by atoms with Crippen molar-refractivity contribution in [1.29, 1.82) is 0 Å². The van der Waals surface area contributed by atoms with Crippen LogP contribution in [0.3, 0.4) is 0 Å². The summed E-state index contributed by atoms with van der Waals surface area (Å²) >= 11 is 0. The van der Waals surface area contributed by atoms with Crippen LogP contribution in [-0.4, -0.2) is 64.7 Å². The minimum absolute atomic E-state index is 0.177. The van der Waals surface area contributed by atoms with Gasteiger partial charge in [0.2, 0.25) is 5.91 Å². The monoisotopic (exact) mass is 386 g/mol. The third-order valence-electron chi connectivity index (χ3n) is 5.40. The van der Waals surface area contributed by atoms with E-state index in [0.717, 1.165) is 57.1 Å². The zero-order chi connectivity index (χ0) is 19.3. The molecule has 0 atom stereocenters. The smallest absolute Gasteiger partial charge is 0.226 e. The van der Waals surface area contributed by atoms with Crippen molar-refractivity contribution in [3.8, 4) is 0 Å². The van der Waals surface area contributed by atoms with Crippen LogP contribution in [0.25, 0.3) is 0 Å². The zero-order valence-electron chi connectivity index (χ0n) is 16.1. The maximum atomic E-state index is 13.5. The molecule has 2 fully saturated rings. The van der Waals surface area contributed by atoms with Crippen molar-refractivity contribution in [2.24, 2.45) is 5.92 Å². The van der Waals surface area contributed by atoms with Crippen molar-refractivity contribution in [2.75, 3.05) is 39.4 Å². The second-order valence-corrected chi connectivity index (χ2v) is 7.59. The Labute approximate surface area is 164 Å². The first kappa shape index (κ1) is 19.1. The normalized spacial score (nSPS) is 17.6. The van der Waals surface area contributed by atoms with Gasteiger partial charge < -0.3 is 14.2 Å². The van der Waals surface area contributed by atoms with Gasteiger partial charge in [-0.1, -0.05) is 12.1 Å². The van der Waals surface area contributed by atoms with Crippen molar-refractivity contribution in [2.45, 2.75) is 25.9 Å². The van der Waals surface area contributed by atoms with Gasteiger partial charge in [-0.15, -0.1) is 0 Å². The minimum Gasteiger partial charge on any atom is -0.379 e. The molecular weight excluding hydrogens is 359 g/mol. The summed E-state index contributed by atoms with van der Waals surface area (Å²) < 4.78 is 20.9. The molecule has 0 bridgehead atoms. The third kappa shape index (κ3) is 4.97. The Morgan fingerprint density at radius 3 is 2.86 bits per heavy atom. The molecule has 1 saturated heterocycles. The minimum atomic E-state index is -0.241. The van der Waals surface area contributed by atoms with Crippen LogP contribution in [0.2, 0.25) is 0 Å². The Hall–Kier alpha value is -2.25. The maximum absolute atomic E-state index is 13.5. The molecular formula is C21H27FN4O2. The summed E-state index contributed by atoms with van der Waals surface area (Å²) in [7, 11) is 0. The Morgan fingerprint density at radius 1 is 1.29 bits per heavy atom. The maximum Gasteiger partial charge on any atom is 0.226 e. The number of amides is 1. The van der Waals surface area contributed by atoms with E-state index < -0.39 is 0 Å². The van der Waals surface area contributed by atoms with E-state index in [-0.39, 0.29) is 17.6 Å². The number of hydrogen-bond donors (Lipinski definition) is 0. The van der Waals surface area contributed by atoms with Gasteiger partial charge in [-0.05, 0) is 30.5 Å². The van der Waals surface area contributed by atoms with Gasteiger partial charge >= 0.3 is 0 Å². The summed E-state index contributed by atoms with van der Waals surface area (Å²) in [5.74, 6) is 1.00. The SMILES string of the molecule is O=C(C1CC1)N(CCN1CCOCC1)Cc1nccn1Cc1cccc(F)c1. The fourth-order valence-corrected chi connectivity index (χ4v) is 3.58. The first-order chi connectivity index (χ1) is 13.7. The Kier molecular flexibility index (Phi) is 6.02. The van der Waals surface area contributed by atoms with E-state index in [4.69, 9.17) is 4.74 Å². The fourth-order valence-electron chi connectivity index (χ4n) is 3.58. The summed E-state index contributed by atoms with van der Waals surface area (Å²) in [6.45, 7) is 5.93. The predicted octanol–water partition coefficient (Wildman–Crippen LogP) is 2.14. The molecule has 1 aromatic carbocycles. The van der Waals surface area contributed by atoms with Crippen LogP contribution in [-0.2, 0) is 22.6 Å². The number of aromatic nitrogens is 2. The summed E-state index contributed by atoms with van der Waals surface area (Å²) in [6, 6.07) is 6.60. The number of imidazole rings is 1. The van der Waals surface area contributed by atoms with E-state index >= 15 is 0 Å².